The lowest BCUT2D eigenvalue weighted by atomic mass is 10.1. The molecule has 1 saturated carbocycles. The zero-order chi connectivity index (χ0) is 15.1. The van der Waals surface area contributed by atoms with E-state index in [-0.39, 0.29) is 5.91 Å². The minimum atomic E-state index is 0.120. The Morgan fingerprint density at radius 3 is 2.38 bits per heavy atom. The molecule has 21 heavy (non-hydrogen) atoms. The Balaban J connectivity index is 1.74. The van der Waals surface area contributed by atoms with E-state index < -0.39 is 0 Å². The summed E-state index contributed by atoms with van der Waals surface area (Å²) in [5, 5.41) is 4.48. The molecule has 2 rings (SSSR count). The molecule has 0 aliphatic heterocycles. The van der Waals surface area contributed by atoms with E-state index in [2.05, 4.69) is 5.32 Å². The summed E-state index contributed by atoms with van der Waals surface area (Å²) in [6.45, 7) is 0. The number of carbonyl (C=O) groups is 1. The van der Waals surface area contributed by atoms with Gasteiger partial charge in [0, 0.05) is 21.8 Å². The van der Waals surface area contributed by atoms with Gasteiger partial charge < -0.3 is 5.32 Å². The van der Waals surface area contributed by atoms with Gasteiger partial charge in [-0.15, -0.1) is 11.8 Å². The van der Waals surface area contributed by atoms with E-state index in [0.717, 1.165) is 18.4 Å². The summed E-state index contributed by atoms with van der Waals surface area (Å²) in [5.41, 5.74) is 0.910. The largest absolute Gasteiger partial charge is 0.353 e. The molecule has 1 fully saturated rings. The van der Waals surface area contributed by atoms with Crippen molar-refractivity contribution in [2.45, 2.75) is 50.3 Å². The average Bonchev–Trinajstić information content (AvgIpc) is 2.71. The molecule has 0 aromatic heterocycles. The van der Waals surface area contributed by atoms with Gasteiger partial charge in [0.1, 0.15) is 0 Å². The van der Waals surface area contributed by atoms with Crippen LogP contribution < -0.4 is 5.32 Å². The molecule has 1 aliphatic rings. The van der Waals surface area contributed by atoms with Crippen LogP contribution in [-0.4, -0.2) is 17.7 Å². The summed E-state index contributed by atoms with van der Waals surface area (Å²) in [6, 6.07) is 5.85. The quantitative estimate of drug-likeness (QED) is 0.755. The Hall–Kier alpha value is -0.380. The van der Waals surface area contributed by atoms with E-state index in [1.807, 2.05) is 18.2 Å². The van der Waals surface area contributed by atoms with E-state index in [1.54, 1.807) is 11.8 Å². The van der Waals surface area contributed by atoms with Crippen molar-refractivity contribution in [2.24, 2.45) is 0 Å². The highest BCUT2D eigenvalue weighted by Crippen LogP contribution is 2.28. The Bertz CT molecular complexity index is 453. The number of thioether (sulfide) groups is 1. The van der Waals surface area contributed by atoms with E-state index >= 15 is 0 Å². The van der Waals surface area contributed by atoms with Crippen molar-refractivity contribution >= 4 is 40.9 Å². The normalized spacial score (nSPS) is 16.5. The van der Waals surface area contributed by atoms with Gasteiger partial charge >= 0.3 is 0 Å². The second-order valence-electron chi connectivity index (χ2n) is 5.45. The number of hydrogen-bond donors (Lipinski definition) is 1. The van der Waals surface area contributed by atoms with Gasteiger partial charge in [-0.3, -0.25) is 4.79 Å². The SMILES string of the molecule is O=C(CSCc1c(Cl)cccc1Cl)NC1CCCCCC1. The molecule has 5 heteroatoms. The number of benzene rings is 1. The van der Waals surface area contributed by atoms with E-state index in [4.69, 9.17) is 23.2 Å². The van der Waals surface area contributed by atoms with Crippen LogP contribution in [0.2, 0.25) is 10.0 Å². The molecule has 0 bridgehead atoms. The van der Waals surface area contributed by atoms with Gasteiger partial charge in [-0.1, -0.05) is 55.0 Å². The predicted molar refractivity (Wildman–Crippen MR) is 92.3 cm³/mol. The first-order chi connectivity index (χ1) is 10.2. The van der Waals surface area contributed by atoms with Crippen LogP contribution in [0.25, 0.3) is 0 Å². The molecule has 0 saturated heterocycles. The molecule has 0 heterocycles. The van der Waals surface area contributed by atoms with Crippen molar-refractivity contribution in [3.05, 3.63) is 33.8 Å². The fourth-order valence-electron chi connectivity index (χ4n) is 2.61. The third kappa shape index (κ3) is 5.72. The van der Waals surface area contributed by atoms with Crippen LogP contribution >= 0.6 is 35.0 Å². The van der Waals surface area contributed by atoms with Crippen molar-refractivity contribution < 1.29 is 4.79 Å². The summed E-state index contributed by atoms with van der Waals surface area (Å²) in [5.74, 6) is 1.24. The number of rotatable bonds is 5. The van der Waals surface area contributed by atoms with Gasteiger partial charge in [-0.25, -0.2) is 0 Å². The monoisotopic (exact) mass is 345 g/mol. The van der Waals surface area contributed by atoms with Gasteiger partial charge in [0.15, 0.2) is 0 Å². The zero-order valence-corrected chi connectivity index (χ0v) is 14.4. The fourth-order valence-corrected chi connectivity index (χ4v) is 4.18. The highest BCUT2D eigenvalue weighted by molar-refractivity contribution is 7.99. The summed E-state index contributed by atoms with van der Waals surface area (Å²) >= 11 is 13.8. The first kappa shape index (κ1) is 17.0. The fraction of sp³-hybridized carbons (Fsp3) is 0.562. The Kier molecular flexibility index (Phi) is 7.21. The molecule has 1 amide bonds. The van der Waals surface area contributed by atoms with E-state index in [1.165, 1.54) is 25.7 Å². The van der Waals surface area contributed by atoms with E-state index in [0.29, 0.717) is 27.6 Å². The van der Waals surface area contributed by atoms with Crippen LogP contribution in [0.3, 0.4) is 0 Å². The predicted octanol–water partition coefficient (Wildman–Crippen LogP) is 5.07. The van der Waals surface area contributed by atoms with Crippen LogP contribution in [-0.2, 0) is 10.5 Å². The molecule has 1 N–H and O–H groups in total. The van der Waals surface area contributed by atoms with Gasteiger partial charge in [-0.05, 0) is 30.5 Å². The average molecular weight is 346 g/mol. The zero-order valence-electron chi connectivity index (χ0n) is 12.0. The lowest BCUT2D eigenvalue weighted by molar-refractivity contribution is -0.119. The second-order valence-corrected chi connectivity index (χ2v) is 7.25. The standard InChI is InChI=1S/C16H21Cl2NOS/c17-14-8-5-9-15(18)13(14)10-21-11-16(20)19-12-6-3-1-2-4-7-12/h5,8-9,12H,1-4,6-7,10-11H2,(H,19,20). The molecule has 116 valence electrons. The summed E-state index contributed by atoms with van der Waals surface area (Å²) < 4.78 is 0. The third-order valence-corrected chi connectivity index (χ3v) is 5.43. The first-order valence-corrected chi connectivity index (χ1v) is 9.38. The van der Waals surface area contributed by atoms with Crippen LogP contribution in [0.5, 0.6) is 0 Å². The highest BCUT2D eigenvalue weighted by Gasteiger charge is 2.15. The molecule has 0 atom stereocenters. The third-order valence-electron chi connectivity index (χ3n) is 3.76. The molecule has 0 radical (unpaired) electrons. The van der Waals surface area contributed by atoms with Crippen LogP contribution in [0, 0.1) is 0 Å². The van der Waals surface area contributed by atoms with Gasteiger partial charge in [0.2, 0.25) is 5.91 Å². The number of carbonyl (C=O) groups excluding carboxylic acids is 1. The lowest BCUT2D eigenvalue weighted by Gasteiger charge is -2.16. The molecule has 1 aliphatic carbocycles. The topological polar surface area (TPSA) is 29.1 Å². The van der Waals surface area contributed by atoms with Crippen molar-refractivity contribution in [2.75, 3.05) is 5.75 Å². The first-order valence-electron chi connectivity index (χ1n) is 7.47. The minimum Gasteiger partial charge on any atom is -0.353 e. The maximum atomic E-state index is 12.0. The molecule has 0 spiro atoms. The molecule has 2 nitrogen and oxygen atoms in total. The summed E-state index contributed by atoms with van der Waals surface area (Å²) in [6.07, 6.45) is 7.29. The summed E-state index contributed by atoms with van der Waals surface area (Å²) in [7, 11) is 0. The number of hydrogen-bond acceptors (Lipinski definition) is 2. The summed E-state index contributed by atoms with van der Waals surface area (Å²) in [4.78, 5) is 12.0. The van der Waals surface area contributed by atoms with Crippen molar-refractivity contribution in [1.82, 2.24) is 5.32 Å². The van der Waals surface area contributed by atoms with Crippen molar-refractivity contribution in [1.29, 1.82) is 0 Å². The number of halogens is 2. The Labute approximate surface area is 141 Å². The molecular weight excluding hydrogens is 325 g/mol. The number of nitrogens with one attached hydrogen (secondary N) is 1. The minimum absolute atomic E-state index is 0.120. The lowest BCUT2D eigenvalue weighted by Crippen LogP contribution is -2.35. The van der Waals surface area contributed by atoms with Gasteiger partial charge in [-0.2, -0.15) is 0 Å². The van der Waals surface area contributed by atoms with E-state index in [9.17, 15) is 4.79 Å². The van der Waals surface area contributed by atoms with Crippen LogP contribution in [0.1, 0.15) is 44.1 Å². The Morgan fingerprint density at radius 1 is 1.14 bits per heavy atom. The Morgan fingerprint density at radius 2 is 1.76 bits per heavy atom. The maximum Gasteiger partial charge on any atom is 0.230 e. The second kappa shape index (κ2) is 8.92. The van der Waals surface area contributed by atoms with Gasteiger partial charge in [0.05, 0.1) is 5.75 Å². The van der Waals surface area contributed by atoms with Gasteiger partial charge in [0.25, 0.3) is 0 Å². The highest BCUT2D eigenvalue weighted by atomic mass is 35.5. The van der Waals surface area contributed by atoms with Crippen LogP contribution in [0.15, 0.2) is 18.2 Å². The maximum absolute atomic E-state index is 12.0. The van der Waals surface area contributed by atoms with Crippen molar-refractivity contribution in [3.8, 4) is 0 Å². The molecule has 0 unspecified atom stereocenters. The van der Waals surface area contributed by atoms with Crippen molar-refractivity contribution in [3.63, 3.8) is 0 Å². The number of amides is 1. The molecular formula is C16H21Cl2NOS. The smallest absolute Gasteiger partial charge is 0.230 e. The molecule has 1 aromatic carbocycles. The molecule has 1 aromatic rings. The van der Waals surface area contributed by atoms with Crippen LogP contribution in [0.4, 0.5) is 0 Å².